The zero-order valence-electron chi connectivity index (χ0n) is 13.5. The Hall–Kier alpha value is -1.89. The number of nitrogens with zero attached hydrogens (tertiary/aromatic N) is 3. The molecule has 2 aromatic rings. The predicted molar refractivity (Wildman–Crippen MR) is 98.1 cm³/mol. The Bertz CT molecular complexity index is 709. The fourth-order valence-corrected chi connectivity index (χ4v) is 2.23. The lowest BCUT2D eigenvalue weighted by molar-refractivity contribution is 0.102. The Labute approximate surface area is 151 Å². The third-order valence-corrected chi connectivity index (χ3v) is 3.87. The lowest BCUT2D eigenvalue weighted by atomic mass is 10.3. The molecule has 0 atom stereocenters. The highest BCUT2D eigenvalue weighted by Gasteiger charge is 2.10. The van der Waals surface area contributed by atoms with Crippen molar-refractivity contribution in [3.63, 3.8) is 0 Å². The summed E-state index contributed by atoms with van der Waals surface area (Å²) in [6.45, 7) is 1.69. The number of rotatable bonds is 7. The van der Waals surface area contributed by atoms with Crippen LogP contribution in [-0.2, 0) is 0 Å². The van der Waals surface area contributed by atoms with Gasteiger partial charge in [0, 0.05) is 18.4 Å². The molecule has 8 heteroatoms. The number of carbonyl (C=O) groups excluding carboxylic acids is 1. The lowest BCUT2D eigenvalue weighted by Crippen LogP contribution is -2.18. The van der Waals surface area contributed by atoms with Crippen molar-refractivity contribution in [3.05, 3.63) is 46.2 Å². The molecule has 0 saturated heterocycles. The minimum atomic E-state index is -0.341. The Morgan fingerprint density at radius 2 is 2.00 bits per heavy atom. The van der Waals surface area contributed by atoms with Crippen molar-refractivity contribution in [2.75, 3.05) is 37.8 Å². The number of carbonyl (C=O) groups is 1. The monoisotopic (exact) mass is 367 g/mol. The van der Waals surface area contributed by atoms with E-state index in [0.29, 0.717) is 21.7 Å². The van der Waals surface area contributed by atoms with Crippen molar-refractivity contribution in [2.24, 2.45) is 0 Å². The van der Waals surface area contributed by atoms with Crippen molar-refractivity contribution in [1.29, 1.82) is 0 Å². The quantitative estimate of drug-likeness (QED) is 0.733. The molecule has 0 fully saturated rings. The van der Waals surface area contributed by atoms with Crippen LogP contribution in [0.15, 0.2) is 30.5 Å². The SMILES string of the molecule is CN(C)CCCNc1nccc(C(=O)Nc2ccc(Cl)c(Cl)c2)n1. The number of anilines is 2. The maximum atomic E-state index is 12.3. The van der Waals surface area contributed by atoms with Crippen molar-refractivity contribution >= 4 is 40.7 Å². The highest BCUT2D eigenvalue weighted by atomic mass is 35.5. The zero-order chi connectivity index (χ0) is 17.5. The summed E-state index contributed by atoms with van der Waals surface area (Å²) in [6, 6.07) is 6.44. The minimum absolute atomic E-state index is 0.270. The van der Waals surface area contributed by atoms with E-state index in [2.05, 4.69) is 25.5 Å². The van der Waals surface area contributed by atoms with Crippen LogP contribution in [0.25, 0.3) is 0 Å². The van der Waals surface area contributed by atoms with Gasteiger partial charge in [0.2, 0.25) is 5.95 Å². The van der Waals surface area contributed by atoms with E-state index in [0.717, 1.165) is 19.5 Å². The molecule has 0 saturated carbocycles. The van der Waals surface area contributed by atoms with Gasteiger partial charge in [-0.15, -0.1) is 0 Å². The summed E-state index contributed by atoms with van der Waals surface area (Å²) < 4.78 is 0. The number of amides is 1. The van der Waals surface area contributed by atoms with Crippen LogP contribution in [0.2, 0.25) is 10.0 Å². The average molecular weight is 368 g/mol. The Kier molecular flexibility index (Phi) is 6.78. The van der Waals surface area contributed by atoms with E-state index in [1.807, 2.05) is 14.1 Å². The second-order valence-corrected chi connectivity index (χ2v) is 6.25. The van der Waals surface area contributed by atoms with E-state index in [9.17, 15) is 4.79 Å². The second-order valence-electron chi connectivity index (χ2n) is 5.43. The van der Waals surface area contributed by atoms with Gasteiger partial charge >= 0.3 is 0 Å². The van der Waals surface area contributed by atoms with Gasteiger partial charge in [0.25, 0.3) is 5.91 Å². The first-order valence-corrected chi connectivity index (χ1v) is 8.19. The molecule has 0 bridgehead atoms. The number of benzene rings is 1. The molecule has 1 amide bonds. The van der Waals surface area contributed by atoms with Crippen molar-refractivity contribution in [3.8, 4) is 0 Å². The van der Waals surface area contributed by atoms with E-state index >= 15 is 0 Å². The molecule has 2 N–H and O–H groups in total. The molecule has 0 unspecified atom stereocenters. The van der Waals surface area contributed by atoms with Crippen LogP contribution in [0.4, 0.5) is 11.6 Å². The van der Waals surface area contributed by atoms with E-state index in [1.54, 1.807) is 30.5 Å². The van der Waals surface area contributed by atoms with Crippen molar-refractivity contribution in [1.82, 2.24) is 14.9 Å². The molecule has 0 radical (unpaired) electrons. The minimum Gasteiger partial charge on any atom is -0.354 e. The molecular formula is C16H19Cl2N5O. The molecule has 0 spiro atoms. The maximum Gasteiger partial charge on any atom is 0.274 e. The summed E-state index contributed by atoms with van der Waals surface area (Å²) in [6.07, 6.45) is 2.50. The number of halogens is 2. The fraction of sp³-hybridized carbons (Fsp3) is 0.312. The zero-order valence-corrected chi connectivity index (χ0v) is 15.0. The predicted octanol–water partition coefficient (Wildman–Crippen LogP) is 3.40. The van der Waals surface area contributed by atoms with Crippen LogP contribution in [0.3, 0.4) is 0 Å². The molecular weight excluding hydrogens is 349 g/mol. The molecule has 128 valence electrons. The first-order valence-electron chi connectivity index (χ1n) is 7.44. The van der Waals surface area contributed by atoms with Crippen LogP contribution in [-0.4, -0.2) is 48.0 Å². The van der Waals surface area contributed by atoms with Crippen LogP contribution in [0.5, 0.6) is 0 Å². The molecule has 1 aromatic heterocycles. The van der Waals surface area contributed by atoms with Crippen LogP contribution in [0.1, 0.15) is 16.9 Å². The number of nitrogens with one attached hydrogen (secondary N) is 2. The number of hydrogen-bond donors (Lipinski definition) is 2. The van der Waals surface area contributed by atoms with Crippen LogP contribution < -0.4 is 10.6 Å². The van der Waals surface area contributed by atoms with Gasteiger partial charge in [-0.05, 0) is 51.3 Å². The van der Waals surface area contributed by atoms with Gasteiger partial charge in [-0.25, -0.2) is 9.97 Å². The average Bonchev–Trinajstić information content (AvgIpc) is 2.55. The van der Waals surface area contributed by atoms with Crippen molar-refractivity contribution in [2.45, 2.75) is 6.42 Å². The second kappa shape index (κ2) is 8.82. The molecule has 1 aromatic carbocycles. The third kappa shape index (κ3) is 5.63. The van der Waals surface area contributed by atoms with Gasteiger partial charge in [0.15, 0.2) is 0 Å². The van der Waals surface area contributed by atoms with Crippen LogP contribution in [0, 0.1) is 0 Å². The summed E-state index contributed by atoms with van der Waals surface area (Å²) in [5.41, 5.74) is 0.819. The van der Waals surface area contributed by atoms with Gasteiger partial charge < -0.3 is 15.5 Å². The van der Waals surface area contributed by atoms with Gasteiger partial charge in [0.05, 0.1) is 10.0 Å². The molecule has 2 rings (SSSR count). The Balaban J connectivity index is 1.96. The Morgan fingerprint density at radius 3 is 2.71 bits per heavy atom. The summed E-state index contributed by atoms with van der Waals surface area (Å²) in [5.74, 6) is 0.0858. The number of aromatic nitrogens is 2. The normalized spacial score (nSPS) is 10.7. The summed E-state index contributed by atoms with van der Waals surface area (Å²) in [4.78, 5) is 22.7. The third-order valence-electron chi connectivity index (χ3n) is 3.13. The standard InChI is InChI=1S/C16H19Cl2N5O/c1-23(2)9-3-7-19-16-20-8-6-14(22-16)15(24)21-11-4-5-12(17)13(18)10-11/h4-6,8,10H,3,7,9H2,1-2H3,(H,21,24)(H,19,20,22). The first kappa shape index (κ1) is 18.4. The maximum absolute atomic E-state index is 12.3. The first-order chi connectivity index (χ1) is 11.5. The summed E-state index contributed by atoms with van der Waals surface area (Å²) in [5, 5.41) is 6.64. The van der Waals surface area contributed by atoms with Crippen molar-refractivity contribution < 1.29 is 4.79 Å². The Morgan fingerprint density at radius 1 is 1.21 bits per heavy atom. The molecule has 0 aliphatic rings. The highest BCUT2D eigenvalue weighted by molar-refractivity contribution is 6.42. The lowest BCUT2D eigenvalue weighted by Gasteiger charge is -2.10. The summed E-state index contributed by atoms with van der Waals surface area (Å²) in [7, 11) is 4.04. The smallest absolute Gasteiger partial charge is 0.274 e. The molecule has 0 aliphatic carbocycles. The van der Waals surface area contributed by atoms with E-state index in [1.165, 1.54) is 0 Å². The van der Waals surface area contributed by atoms with Gasteiger partial charge in [-0.2, -0.15) is 0 Å². The highest BCUT2D eigenvalue weighted by Crippen LogP contribution is 2.25. The van der Waals surface area contributed by atoms with Crippen LogP contribution >= 0.6 is 23.2 Å². The molecule has 1 heterocycles. The topological polar surface area (TPSA) is 70.2 Å². The molecule has 24 heavy (non-hydrogen) atoms. The fourth-order valence-electron chi connectivity index (χ4n) is 1.93. The number of hydrogen-bond acceptors (Lipinski definition) is 5. The largest absolute Gasteiger partial charge is 0.354 e. The van der Waals surface area contributed by atoms with E-state index in [-0.39, 0.29) is 11.6 Å². The van der Waals surface area contributed by atoms with E-state index < -0.39 is 0 Å². The van der Waals surface area contributed by atoms with Gasteiger partial charge in [-0.1, -0.05) is 23.2 Å². The summed E-state index contributed by atoms with van der Waals surface area (Å²) >= 11 is 11.8. The van der Waals surface area contributed by atoms with E-state index in [4.69, 9.17) is 23.2 Å². The van der Waals surface area contributed by atoms with Gasteiger partial charge in [0.1, 0.15) is 5.69 Å². The van der Waals surface area contributed by atoms with Gasteiger partial charge in [-0.3, -0.25) is 4.79 Å². The molecule has 6 nitrogen and oxygen atoms in total. The molecule has 0 aliphatic heterocycles.